The molecule has 0 radical (unpaired) electrons. The summed E-state index contributed by atoms with van der Waals surface area (Å²) in [5, 5.41) is -0.120. The lowest BCUT2D eigenvalue weighted by atomic mass is 9.98. The molecule has 0 atom stereocenters. The number of nitrogen functional groups attached to an aromatic ring is 2. The minimum atomic E-state index is -0.658. The van der Waals surface area contributed by atoms with E-state index in [4.69, 9.17) is 27.8 Å². The second kappa shape index (κ2) is 5.00. The molecule has 0 heterocycles. The zero-order valence-corrected chi connectivity index (χ0v) is 10.3. The van der Waals surface area contributed by atoms with Crippen molar-refractivity contribution >= 4 is 23.0 Å². The zero-order valence-electron chi connectivity index (χ0n) is 9.51. The molecule has 0 bridgehead atoms. The standard InChI is InChI=1S/C12H16ClFN2O/c13-10-8(15)6-9(16)12(11(10)14)17-7-4-2-1-3-5-7/h6-7H,1-5,15-16H2. The van der Waals surface area contributed by atoms with Crippen LogP contribution in [0.1, 0.15) is 32.1 Å². The van der Waals surface area contributed by atoms with Crippen LogP contribution in [0.2, 0.25) is 5.02 Å². The highest BCUT2D eigenvalue weighted by Gasteiger charge is 2.21. The van der Waals surface area contributed by atoms with E-state index in [2.05, 4.69) is 0 Å². The van der Waals surface area contributed by atoms with Crippen LogP contribution in [0.4, 0.5) is 15.8 Å². The van der Waals surface area contributed by atoms with E-state index >= 15 is 0 Å². The second-order valence-corrected chi connectivity index (χ2v) is 4.77. The minimum absolute atomic E-state index is 0.0280. The second-order valence-electron chi connectivity index (χ2n) is 4.39. The van der Waals surface area contributed by atoms with E-state index in [1.54, 1.807) is 0 Å². The number of hydrogen-bond acceptors (Lipinski definition) is 3. The van der Waals surface area contributed by atoms with Crippen molar-refractivity contribution in [1.82, 2.24) is 0 Å². The van der Waals surface area contributed by atoms with Crippen LogP contribution in [0.5, 0.6) is 5.75 Å². The third-order valence-electron chi connectivity index (χ3n) is 3.06. The normalized spacial score (nSPS) is 17.1. The molecule has 1 aromatic rings. The molecule has 5 heteroatoms. The highest BCUT2D eigenvalue weighted by Crippen LogP contribution is 2.37. The molecule has 1 saturated carbocycles. The van der Waals surface area contributed by atoms with E-state index < -0.39 is 5.82 Å². The zero-order chi connectivity index (χ0) is 12.4. The molecule has 1 aliphatic rings. The first-order chi connectivity index (χ1) is 8.09. The Bertz CT molecular complexity index is 419. The summed E-state index contributed by atoms with van der Waals surface area (Å²) >= 11 is 5.74. The van der Waals surface area contributed by atoms with Crippen molar-refractivity contribution in [2.24, 2.45) is 0 Å². The first-order valence-corrected chi connectivity index (χ1v) is 6.17. The van der Waals surface area contributed by atoms with E-state index in [1.165, 1.54) is 12.5 Å². The molecular formula is C12H16ClFN2O. The van der Waals surface area contributed by atoms with Gasteiger partial charge in [0.25, 0.3) is 0 Å². The smallest absolute Gasteiger partial charge is 0.187 e. The van der Waals surface area contributed by atoms with Gasteiger partial charge in [-0.1, -0.05) is 18.0 Å². The van der Waals surface area contributed by atoms with Crippen LogP contribution in [-0.2, 0) is 0 Å². The third kappa shape index (κ3) is 2.57. The maximum Gasteiger partial charge on any atom is 0.187 e. The van der Waals surface area contributed by atoms with E-state index in [-0.39, 0.29) is 28.3 Å². The molecule has 94 valence electrons. The fourth-order valence-corrected chi connectivity index (χ4v) is 2.26. The lowest BCUT2D eigenvalue weighted by Crippen LogP contribution is -2.21. The molecule has 1 aliphatic carbocycles. The average molecular weight is 259 g/mol. The summed E-state index contributed by atoms with van der Waals surface area (Å²) in [6, 6.07) is 1.43. The Morgan fingerprint density at radius 3 is 2.47 bits per heavy atom. The molecule has 0 unspecified atom stereocenters. The van der Waals surface area contributed by atoms with Gasteiger partial charge in [0.1, 0.15) is 5.02 Å². The summed E-state index contributed by atoms with van der Waals surface area (Å²) in [7, 11) is 0. The highest BCUT2D eigenvalue weighted by atomic mass is 35.5. The molecule has 1 fully saturated rings. The average Bonchev–Trinajstić information content (AvgIpc) is 2.33. The summed E-state index contributed by atoms with van der Waals surface area (Å²) < 4.78 is 19.5. The van der Waals surface area contributed by atoms with Crippen LogP contribution in [0.15, 0.2) is 6.07 Å². The van der Waals surface area contributed by atoms with Gasteiger partial charge in [0.05, 0.1) is 17.5 Å². The van der Waals surface area contributed by atoms with Crippen molar-refractivity contribution in [2.45, 2.75) is 38.2 Å². The van der Waals surface area contributed by atoms with Crippen molar-refractivity contribution in [3.63, 3.8) is 0 Å². The summed E-state index contributed by atoms with van der Waals surface area (Å²) in [4.78, 5) is 0. The molecule has 0 amide bonds. The summed E-state index contributed by atoms with van der Waals surface area (Å²) in [5.41, 5.74) is 11.6. The van der Waals surface area contributed by atoms with Crippen molar-refractivity contribution in [1.29, 1.82) is 0 Å². The predicted molar refractivity (Wildman–Crippen MR) is 67.7 cm³/mol. The van der Waals surface area contributed by atoms with Crippen molar-refractivity contribution in [2.75, 3.05) is 11.5 Å². The molecule has 3 nitrogen and oxygen atoms in total. The molecule has 1 aromatic carbocycles. The first kappa shape index (κ1) is 12.3. The monoisotopic (exact) mass is 258 g/mol. The molecule has 0 saturated heterocycles. The van der Waals surface area contributed by atoms with Crippen LogP contribution in [0, 0.1) is 5.82 Å². The maximum atomic E-state index is 13.9. The van der Waals surface area contributed by atoms with E-state index in [0.717, 1.165) is 25.7 Å². The Kier molecular flexibility index (Phi) is 3.62. The van der Waals surface area contributed by atoms with Crippen molar-refractivity contribution < 1.29 is 9.13 Å². The molecule has 2 rings (SSSR count). The highest BCUT2D eigenvalue weighted by molar-refractivity contribution is 6.33. The SMILES string of the molecule is Nc1cc(N)c(OC2CCCCC2)c(F)c1Cl. The van der Waals surface area contributed by atoms with E-state index in [0.29, 0.717) is 0 Å². The Morgan fingerprint density at radius 1 is 1.18 bits per heavy atom. The molecular weight excluding hydrogens is 243 g/mol. The molecule has 0 aromatic heterocycles. The number of benzene rings is 1. The van der Waals surface area contributed by atoms with Crippen LogP contribution in [-0.4, -0.2) is 6.10 Å². The van der Waals surface area contributed by atoms with Crippen molar-refractivity contribution in [3.8, 4) is 5.75 Å². The number of anilines is 2. The fourth-order valence-electron chi connectivity index (χ4n) is 2.12. The number of nitrogens with two attached hydrogens (primary N) is 2. The first-order valence-electron chi connectivity index (χ1n) is 5.79. The van der Waals surface area contributed by atoms with Gasteiger partial charge in [-0.2, -0.15) is 0 Å². The van der Waals surface area contributed by atoms with Gasteiger partial charge in [0.2, 0.25) is 0 Å². The molecule has 0 spiro atoms. The maximum absolute atomic E-state index is 13.9. The van der Waals surface area contributed by atoms with Gasteiger partial charge >= 0.3 is 0 Å². The van der Waals surface area contributed by atoms with E-state index in [9.17, 15) is 4.39 Å². The van der Waals surface area contributed by atoms with Gasteiger partial charge in [-0.15, -0.1) is 0 Å². The number of halogens is 2. The summed E-state index contributed by atoms with van der Waals surface area (Å²) in [6.45, 7) is 0. The van der Waals surface area contributed by atoms with Crippen LogP contribution < -0.4 is 16.2 Å². The Balaban J connectivity index is 2.22. The van der Waals surface area contributed by atoms with Gasteiger partial charge in [0, 0.05) is 0 Å². The van der Waals surface area contributed by atoms with Gasteiger partial charge in [-0.3, -0.25) is 0 Å². The Morgan fingerprint density at radius 2 is 1.82 bits per heavy atom. The third-order valence-corrected chi connectivity index (χ3v) is 3.44. The minimum Gasteiger partial charge on any atom is -0.485 e. The molecule has 0 aliphatic heterocycles. The van der Waals surface area contributed by atoms with Gasteiger partial charge in [-0.05, 0) is 31.7 Å². The topological polar surface area (TPSA) is 61.3 Å². The van der Waals surface area contributed by atoms with Gasteiger partial charge in [-0.25, -0.2) is 4.39 Å². The molecule has 17 heavy (non-hydrogen) atoms. The Labute approximate surface area is 105 Å². The van der Waals surface area contributed by atoms with Crippen LogP contribution >= 0.6 is 11.6 Å². The van der Waals surface area contributed by atoms with Crippen LogP contribution in [0.3, 0.4) is 0 Å². The molecule has 4 N–H and O–H groups in total. The predicted octanol–water partition coefficient (Wildman–Crippen LogP) is 3.36. The van der Waals surface area contributed by atoms with Crippen molar-refractivity contribution in [3.05, 3.63) is 16.9 Å². The van der Waals surface area contributed by atoms with E-state index in [1.807, 2.05) is 0 Å². The van der Waals surface area contributed by atoms with Gasteiger partial charge < -0.3 is 16.2 Å². The summed E-state index contributed by atoms with van der Waals surface area (Å²) in [6.07, 6.45) is 5.31. The lowest BCUT2D eigenvalue weighted by Gasteiger charge is -2.24. The number of ether oxygens (including phenoxy) is 1. The number of hydrogen-bond donors (Lipinski definition) is 2. The fraction of sp³-hybridized carbons (Fsp3) is 0.500. The van der Waals surface area contributed by atoms with Crippen LogP contribution in [0.25, 0.3) is 0 Å². The number of rotatable bonds is 2. The lowest BCUT2D eigenvalue weighted by molar-refractivity contribution is 0.150. The quantitative estimate of drug-likeness (QED) is 0.800. The summed E-state index contributed by atoms with van der Waals surface area (Å²) in [5.74, 6) is -0.620. The largest absolute Gasteiger partial charge is 0.485 e. The Hall–Kier alpha value is -1.16. The van der Waals surface area contributed by atoms with Gasteiger partial charge in [0.15, 0.2) is 11.6 Å².